The van der Waals surface area contributed by atoms with Crippen LogP contribution in [0.3, 0.4) is 0 Å². The maximum atomic E-state index is 11.0. The molecule has 110 valence electrons. The van der Waals surface area contributed by atoms with E-state index in [2.05, 4.69) is 5.10 Å². The lowest BCUT2D eigenvalue weighted by Crippen LogP contribution is -2.26. The van der Waals surface area contributed by atoms with Crippen molar-refractivity contribution >= 4 is 22.6 Å². The maximum Gasteiger partial charge on any atom is 0.341 e. The van der Waals surface area contributed by atoms with Gasteiger partial charge in [-0.1, -0.05) is 12.1 Å². The van der Waals surface area contributed by atoms with Crippen LogP contribution in [0.25, 0.3) is 10.8 Å². The number of carboxylic acid groups (broad SMARTS) is 1. The summed E-state index contributed by atoms with van der Waals surface area (Å²) in [5.74, 6) is 4.20. The molecule has 0 unspecified atom stereocenters. The van der Waals surface area contributed by atoms with Gasteiger partial charge in [0, 0.05) is 11.3 Å². The summed E-state index contributed by atoms with van der Waals surface area (Å²) in [5, 5.41) is 24.2. The molecule has 0 aliphatic carbocycles. The van der Waals surface area contributed by atoms with Gasteiger partial charge in [-0.05, 0) is 29.7 Å². The zero-order chi connectivity index (χ0) is 15.2. The topological polar surface area (TPSA) is 117 Å². The first kappa shape index (κ1) is 14.4. The van der Waals surface area contributed by atoms with E-state index < -0.39 is 18.5 Å². The molecule has 0 radical (unpaired) electrons. The first-order valence-corrected chi connectivity index (χ1v) is 6.04. The van der Waals surface area contributed by atoms with Crippen molar-refractivity contribution in [3.63, 3.8) is 0 Å². The Morgan fingerprint density at radius 3 is 2.76 bits per heavy atom. The summed E-state index contributed by atoms with van der Waals surface area (Å²) < 4.78 is 10.5. The smallest absolute Gasteiger partial charge is 0.341 e. The van der Waals surface area contributed by atoms with E-state index in [4.69, 9.17) is 20.4 Å². The number of nitrogens with two attached hydrogens (primary N) is 1. The quantitative estimate of drug-likeness (QED) is 0.342. The van der Waals surface area contributed by atoms with Crippen LogP contribution < -0.4 is 20.4 Å². The first-order valence-electron chi connectivity index (χ1n) is 6.04. The summed E-state index contributed by atoms with van der Waals surface area (Å²) >= 11 is 0. The van der Waals surface area contributed by atoms with E-state index in [0.29, 0.717) is 11.5 Å². The SMILES string of the molecule is NN=C([O-])COc1cccc2cc(OCC(=O)O)ccc12. The van der Waals surface area contributed by atoms with Crippen molar-refractivity contribution < 1.29 is 24.5 Å². The van der Waals surface area contributed by atoms with Crippen LogP contribution in [0.5, 0.6) is 11.5 Å². The molecule has 0 saturated carbocycles. The molecule has 2 aromatic carbocycles. The normalized spacial score (nSPS) is 11.3. The van der Waals surface area contributed by atoms with Crippen LogP contribution in [-0.4, -0.2) is 30.2 Å². The van der Waals surface area contributed by atoms with E-state index in [0.717, 1.165) is 10.8 Å². The number of fused-ring (bicyclic) bond motifs is 1. The number of hydrazone groups is 1. The Kier molecular flexibility index (Phi) is 4.45. The van der Waals surface area contributed by atoms with Gasteiger partial charge in [-0.15, -0.1) is 0 Å². The number of carboxylic acids is 1. The molecule has 2 aromatic rings. The summed E-state index contributed by atoms with van der Waals surface area (Å²) in [5.41, 5.74) is 0. The monoisotopic (exact) mass is 289 g/mol. The summed E-state index contributed by atoms with van der Waals surface area (Å²) in [7, 11) is 0. The second-order valence-electron chi connectivity index (χ2n) is 4.13. The third-order valence-electron chi connectivity index (χ3n) is 2.67. The highest BCUT2D eigenvalue weighted by atomic mass is 16.5. The van der Waals surface area contributed by atoms with E-state index in [9.17, 15) is 9.90 Å². The fourth-order valence-corrected chi connectivity index (χ4v) is 1.77. The van der Waals surface area contributed by atoms with Crippen LogP contribution in [0.4, 0.5) is 0 Å². The number of hydrogen-bond donors (Lipinski definition) is 2. The Hall–Kier alpha value is -2.96. The van der Waals surface area contributed by atoms with Crippen molar-refractivity contribution in [1.29, 1.82) is 0 Å². The van der Waals surface area contributed by atoms with Gasteiger partial charge < -0.3 is 25.5 Å². The first-order chi connectivity index (χ1) is 10.1. The molecule has 0 saturated heterocycles. The van der Waals surface area contributed by atoms with E-state index in [1.165, 1.54) is 0 Å². The summed E-state index contributed by atoms with van der Waals surface area (Å²) in [6.07, 6.45) is 0. The van der Waals surface area contributed by atoms with Crippen LogP contribution in [0.2, 0.25) is 0 Å². The number of nitrogens with zero attached hydrogens (tertiary/aromatic N) is 1. The molecule has 21 heavy (non-hydrogen) atoms. The van der Waals surface area contributed by atoms with Crippen molar-refractivity contribution in [3.05, 3.63) is 36.4 Å². The van der Waals surface area contributed by atoms with Crippen LogP contribution in [0.15, 0.2) is 41.5 Å². The second-order valence-corrected chi connectivity index (χ2v) is 4.13. The summed E-state index contributed by atoms with van der Waals surface area (Å²) in [6, 6.07) is 10.3. The highest BCUT2D eigenvalue weighted by molar-refractivity contribution is 5.89. The molecule has 0 aliphatic heterocycles. The molecule has 0 aliphatic rings. The molecule has 2 rings (SSSR count). The van der Waals surface area contributed by atoms with Gasteiger partial charge in [0.1, 0.15) is 18.1 Å². The van der Waals surface area contributed by atoms with Gasteiger partial charge in [0.25, 0.3) is 0 Å². The van der Waals surface area contributed by atoms with Gasteiger partial charge in [0.05, 0.1) is 0 Å². The minimum absolute atomic E-state index is 0.243. The summed E-state index contributed by atoms with van der Waals surface area (Å²) in [4.78, 5) is 10.5. The molecular formula is C14H13N2O5-. The predicted molar refractivity (Wildman–Crippen MR) is 74.2 cm³/mol. The van der Waals surface area contributed by atoms with Crippen molar-refractivity contribution in [3.8, 4) is 11.5 Å². The number of hydrogen-bond acceptors (Lipinski definition) is 6. The van der Waals surface area contributed by atoms with Crippen LogP contribution >= 0.6 is 0 Å². The Bertz CT molecular complexity index is 684. The predicted octanol–water partition coefficient (Wildman–Crippen LogP) is 0.314. The molecule has 7 nitrogen and oxygen atoms in total. The number of ether oxygens (including phenoxy) is 2. The Morgan fingerprint density at radius 1 is 1.24 bits per heavy atom. The van der Waals surface area contributed by atoms with Gasteiger partial charge >= 0.3 is 5.97 Å². The largest absolute Gasteiger partial charge is 0.858 e. The van der Waals surface area contributed by atoms with Crippen molar-refractivity contribution in [1.82, 2.24) is 0 Å². The number of rotatable bonds is 6. The zero-order valence-electron chi connectivity index (χ0n) is 11.0. The molecule has 0 heterocycles. The van der Waals surface area contributed by atoms with Gasteiger partial charge in [-0.2, -0.15) is 0 Å². The lowest BCUT2D eigenvalue weighted by molar-refractivity contribution is -0.221. The molecular weight excluding hydrogens is 276 g/mol. The van der Waals surface area contributed by atoms with E-state index in [1.54, 1.807) is 30.3 Å². The van der Waals surface area contributed by atoms with Crippen molar-refractivity contribution in [2.45, 2.75) is 0 Å². The van der Waals surface area contributed by atoms with E-state index >= 15 is 0 Å². The molecule has 0 fully saturated rings. The average Bonchev–Trinajstić information content (AvgIpc) is 2.50. The third-order valence-corrected chi connectivity index (χ3v) is 2.67. The van der Waals surface area contributed by atoms with Gasteiger partial charge in [0.15, 0.2) is 6.61 Å². The molecule has 0 atom stereocenters. The van der Waals surface area contributed by atoms with Gasteiger partial charge in [-0.25, -0.2) is 9.90 Å². The highest BCUT2D eigenvalue weighted by Crippen LogP contribution is 2.28. The number of carbonyl (C=O) groups is 1. The molecule has 0 bridgehead atoms. The molecule has 0 aromatic heterocycles. The Morgan fingerprint density at radius 2 is 2.05 bits per heavy atom. The summed E-state index contributed by atoms with van der Waals surface area (Å²) in [6.45, 7) is -0.652. The lowest BCUT2D eigenvalue weighted by atomic mass is 10.1. The Balaban J connectivity index is 2.23. The molecule has 3 N–H and O–H groups in total. The van der Waals surface area contributed by atoms with Gasteiger partial charge in [0.2, 0.25) is 0 Å². The third kappa shape index (κ3) is 3.75. The maximum absolute atomic E-state index is 11.0. The van der Waals surface area contributed by atoms with Crippen LogP contribution in [0.1, 0.15) is 0 Å². The fraction of sp³-hybridized carbons (Fsp3) is 0.143. The zero-order valence-corrected chi connectivity index (χ0v) is 11.0. The van der Waals surface area contributed by atoms with Crippen molar-refractivity contribution in [2.24, 2.45) is 10.9 Å². The molecule has 0 amide bonds. The van der Waals surface area contributed by atoms with Gasteiger partial charge in [-0.3, -0.25) is 0 Å². The fourth-order valence-electron chi connectivity index (χ4n) is 1.77. The van der Waals surface area contributed by atoms with Crippen molar-refractivity contribution in [2.75, 3.05) is 13.2 Å². The lowest BCUT2D eigenvalue weighted by Gasteiger charge is -2.13. The average molecular weight is 289 g/mol. The number of aliphatic carboxylic acids is 1. The minimum atomic E-state index is -1.05. The minimum Gasteiger partial charge on any atom is -0.858 e. The van der Waals surface area contributed by atoms with Crippen LogP contribution in [0, 0.1) is 0 Å². The number of benzene rings is 2. The molecule has 0 spiro atoms. The molecule has 7 heteroatoms. The second kappa shape index (κ2) is 6.47. The highest BCUT2D eigenvalue weighted by Gasteiger charge is 2.05. The standard InChI is InChI=1S/C14H14N2O5/c15-16-13(17)7-21-12-3-1-2-9-6-10(4-5-11(9)12)20-8-14(18)19/h1-6H,7-8,15H2,(H,16,17)(H,18,19)/p-1. The van der Waals surface area contributed by atoms with Crippen LogP contribution in [-0.2, 0) is 4.79 Å². The Labute approximate surface area is 120 Å². The van der Waals surface area contributed by atoms with E-state index in [1.807, 2.05) is 6.07 Å². The van der Waals surface area contributed by atoms with E-state index in [-0.39, 0.29) is 6.61 Å².